The van der Waals surface area contributed by atoms with E-state index in [1.54, 1.807) is 0 Å². The quantitative estimate of drug-likeness (QED) is 0.0201. The Labute approximate surface area is 341 Å². The van der Waals surface area contributed by atoms with Crippen LogP contribution < -0.4 is 4.89 Å². The van der Waals surface area contributed by atoms with E-state index in [1.807, 2.05) is 33.3 Å². The van der Waals surface area contributed by atoms with E-state index in [0.717, 1.165) is 64.2 Å². The van der Waals surface area contributed by atoms with Gasteiger partial charge in [0.2, 0.25) is 0 Å². The van der Waals surface area contributed by atoms with Crippen LogP contribution in [-0.4, -0.2) is 70.0 Å². The van der Waals surface area contributed by atoms with Crippen molar-refractivity contribution in [1.82, 2.24) is 0 Å². The summed E-state index contributed by atoms with van der Waals surface area (Å²) >= 11 is 0. The lowest BCUT2D eigenvalue weighted by atomic mass is 10.1. The summed E-state index contributed by atoms with van der Waals surface area (Å²) in [5, 5.41) is 0. The number of quaternary nitrogens is 1. The molecule has 0 fully saturated rings. The molecule has 0 bridgehead atoms. The number of nitrogens with zero attached hydrogens (tertiary/aromatic N) is 1. The average molecular weight is 804 g/mol. The Kier molecular flexibility index (Phi) is 35.9. The summed E-state index contributed by atoms with van der Waals surface area (Å²) in [5.74, 6) is -0.961. The molecule has 0 aromatic heterocycles. The van der Waals surface area contributed by atoms with Crippen molar-refractivity contribution in [2.45, 2.75) is 148 Å². The number of rotatable bonds is 37. The third kappa shape index (κ3) is 40.8. The standard InChI is InChI=1S/C46H78NO8P/c1-6-8-10-12-14-16-18-20-21-22-23-24-25-27-28-30-32-34-36-38-45(48)52-42-44(43-54-56(50,51)53-41-40-47(3,4)5)55-46(49)39-37-35-33-31-29-26-19-17-15-13-11-9-7-2/h8,10,14,16,20-21,23-24,26-29,33,35,44H,6-7,9,11-13,15,17-19,22,25,30-32,34,36-43H2,1-5H3/b10-8+,16-14+,21-20+,24-23+,28-27+,29-26+,35-33+. The monoisotopic (exact) mass is 804 g/mol. The molecule has 0 radical (unpaired) electrons. The Hall–Kier alpha value is -2.81. The topological polar surface area (TPSA) is 111 Å². The maximum Gasteiger partial charge on any atom is 0.306 e. The summed E-state index contributed by atoms with van der Waals surface area (Å²) in [6.45, 7) is 3.97. The molecule has 0 aliphatic carbocycles. The van der Waals surface area contributed by atoms with Gasteiger partial charge in [-0.1, -0.05) is 137 Å². The molecule has 0 saturated carbocycles. The third-order valence-electron chi connectivity index (χ3n) is 8.41. The van der Waals surface area contributed by atoms with Crippen molar-refractivity contribution in [3.8, 4) is 0 Å². The van der Waals surface area contributed by atoms with Gasteiger partial charge in [0.25, 0.3) is 7.82 Å². The predicted octanol–water partition coefficient (Wildman–Crippen LogP) is 11.4. The number of hydrogen-bond acceptors (Lipinski definition) is 8. The van der Waals surface area contributed by atoms with E-state index in [-0.39, 0.29) is 26.1 Å². The van der Waals surface area contributed by atoms with Gasteiger partial charge >= 0.3 is 11.9 Å². The summed E-state index contributed by atoms with van der Waals surface area (Å²) in [4.78, 5) is 37.4. The molecule has 0 saturated heterocycles. The van der Waals surface area contributed by atoms with E-state index in [2.05, 4.69) is 86.8 Å². The minimum absolute atomic E-state index is 0.0502. The van der Waals surface area contributed by atoms with E-state index >= 15 is 0 Å². The van der Waals surface area contributed by atoms with Crippen LogP contribution in [0.25, 0.3) is 0 Å². The van der Waals surface area contributed by atoms with Gasteiger partial charge in [-0.05, 0) is 77.0 Å². The van der Waals surface area contributed by atoms with Crippen LogP contribution in [0.1, 0.15) is 142 Å². The molecule has 0 aromatic carbocycles. The molecule has 0 aliphatic rings. The third-order valence-corrected chi connectivity index (χ3v) is 9.38. The van der Waals surface area contributed by atoms with Crippen molar-refractivity contribution in [3.63, 3.8) is 0 Å². The first-order valence-electron chi connectivity index (χ1n) is 21.3. The second-order valence-electron chi connectivity index (χ2n) is 15.0. The van der Waals surface area contributed by atoms with E-state index in [4.69, 9.17) is 18.5 Å². The van der Waals surface area contributed by atoms with Crippen molar-refractivity contribution in [2.75, 3.05) is 47.5 Å². The lowest BCUT2D eigenvalue weighted by molar-refractivity contribution is -0.870. The minimum atomic E-state index is -4.65. The molecule has 0 amide bonds. The summed E-state index contributed by atoms with van der Waals surface area (Å²) in [7, 11) is 1.10. The molecule has 2 atom stereocenters. The Morgan fingerprint density at radius 2 is 1.05 bits per heavy atom. The average Bonchev–Trinajstić information content (AvgIpc) is 3.15. The first-order valence-corrected chi connectivity index (χ1v) is 22.8. The molecular formula is C46H78NO8P. The van der Waals surface area contributed by atoms with Gasteiger partial charge in [0.15, 0.2) is 6.10 Å². The maximum absolute atomic E-state index is 12.6. The highest BCUT2D eigenvalue weighted by Gasteiger charge is 2.21. The van der Waals surface area contributed by atoms with E-state index in [0.29, 0.717) is 23.9 Å². The Morgan fingerprint density at radius 1 is 0.571 bits per heavy atom. The molecule has 2 unspecified atom stereocenters. The largest absolute Gasteiger partial charge is 0.756 e. The number of hydrogen-bond donors (Lipinski definition) is 0. The number of likely N-dealkylation sites (N-methyl/N-ethyl adjacent to an activating group) is 1. The van der Waals surface area contributed by atoms with Crippen LogP contribution in [0.4, 0.5) is 0 Å². The van der Waals surface area contributed by atoms with Gasteiger partial charge in [-0.2, -0.15) is 0 Å². The first-order chi connectivity index (χ1) is 27.0. The highest BCUT2D eigenvalue weighted by Crippen LogP contribution is 2.38. The van der Waals surface area contributed by atoms with Crippen molar-refractivity contribution < 1.29 is 42.1 Å². The van der Waals surface area contributed by atoms with Gasteiger partial charge in [0, 0.05) is 12.8 Å². The number of carbonyl (C=O) groups is 2. The van der Waals surface area contributed by atoms with Crippen LogP contribution >= 0.6 is 7.82 Å². The van der Waals surface area contributed by atoms with Gasteiger partial charge in [-0.15, -0.1) is 0 Å². The Bertz CT molecular complexity index is 1230. The molecule has 320 valence electrons. The van der Waals surface area contributed by atoms with Crippen LogP contribution in [-0.2, 0) is 32.7 Å². The lowest BCUT2D eigenvalue weighted by Gasteiger charge is -2.28. The molecule has 0 aliphatic heterocycles. The molecule has 0 heterocycles. The zero-order valence-corrected chi connectivity index (χ0v) is 36.7. The van der Waals surface area contributed by atoms with E-state index in [1.165, 1.54) is 38.5 Å². The Balaban J connectivity index is 4.51. The second kappa shape index (κ2) is 37.7. The fourth-order valence-electron chi connectivity index (χ4n) is 5.08. The summed E-state index contributed by atoms with van der Waals surface area (Å²) in [5.41, 5.74) is 0. The van der Waals surface area contributed by atoms with Gasteiger partial charge in [0.05, 0.1) is 27.7 Å². The minimum Gasteiger partial charge on any atom is -0.756 e. The number of ether oxygens (including phenoxy) is 2. The van der Waals surface area contributed by atoms with Crippen LogP contribution in [0.2, 0.25) is 0 Å². The number of phosphoric acid groups is 1. The number of esters is 2. The first kappa shape index (κ1) is 53.2. The molecule has 56 heavy (non-hydrogen) atoms. The molecular weight excluding hydrogens is 725 g/mol. The zero-order chi connectivity index (χ0) is 41.4. The summed E-state index contributed by atoms with van der Waals surface area (Å²) < 4.78 is 33.7. The van der Waals surface area contributed by atoms with E-state index in [9.17, 15) is 19.0 Å². The molecule has 10 heteroatoms. The molecule has 0 aromatic rings. The van der Waals surface area contributed by atoms with Gasteiger partial charge in [-0.25, -0.2) is 0 Å². The van der Waals surface area contributed by atoms with Gasteiger partial charge in [0.1, 0.15) is 19.8 Å². The van der Waals surface area contributed by atoms with Crippen molar-refractivity contribution in [1.29, 1.82) is 0 Å². The highest BCUT2D eigenvalue weighted by atomic mass is 31.2. The van der Waals surface area contributed by atoms with Crippen LogP contribution in [0, 0.1) is 0 Å². The smallest absolute Gasteiger partial charge is 0.306 e. The van der Waals surface area contributed by atoms with Gasteiger partial charge < -0.3 is 27.9 Å². The summed E-state index contributed by atoms with van der Waals surface area (Å²) in [6.07, 6.45) is 47.7. The molecule has 0 spiro atoms. The van der Waals surface area contributed by atoms with Crippen molar-refractivity contribution >= 4 is 19.8 Å². The van der Waals surface area contributed by atoms with Crippen molar-refractivity contribution in [2.24, 2.45) is 0 Å². The Morgan fingerprint density at radius 3 is 1.59 bits per heavy atom. The SMILES string of the molecule is CC/C=C/C/C=C/C/C=C/C/C=C/C/C=C/CCCCCC(=O)OCC(COP(=O)([O-])OCC[N+](C)(C)C)OC(=O)CC/C=C/C/C=C/CCCCCCCC. The zero-order valence-electron chi connectivity index (χ0n) is 35.8. The van der Waals surface area contributed by atoms with Crippen LogP contribution in [0.3, 0.4) is 0 Å². The van der Waals surface area contributed by atoms with Crippen LogP contribution in [0.5, 0.6) is 0 Å². The highest BCUT2D eigenvalue weighted by molar-refractivity contribution is 7.45. The normalized spacial score (nSPS) is 14.5. The number of unbranched alkanes of at least 4 members (excludes halogenated alkanes) is 9. The summed E-state index contributed by atoms with van der Waals surface area (Å²) in [6, 6.07) is 0. The molecule has 0 N–H and O–H groups in total. The van der Waals surface area contributed by atoms with Crippen LogP contribution in [0.15, 0.2) is 85.1 Å². The predicted molar refractivity (Wildman–Crippen MR) is 231 cm³/mol. The lowest BCUT2D eigenvalue weighted by Crippen LogP contribution is -2.37. The fraction of sp³-hybridized carbons (Fsp3) is 0.652. The van der Waals surface area contributed by atoms with Gasteiger partial charge in [-0.3, -0.25) is 14.2 Å². The fourth-order valence-corrected chi connectivity index (χ4v) is 5.81. The number of allylic oxidation sites excluding steroid dienone is 14. The molecule has 0 rings (SSSR count). The maximum atomic E-state index is 12.6. The van der Waals surface area contributed by atoms with E-state index < -0.39 is 32.5 Å². The second-order valence-corrected chi connectivity index (χ2v) is 16.4. The number of phosphoric ester groups is 1. The van der Waals surface area contributed by atoms with Crippen molar-refractivity contribution in [3.05, 3.63) is 85.1 Å². The number of carbonyl (C=O) groups excluding carboxylic acids is 2. The molecule has 9 nitrogen and oxygen atoms in total.